The van der Waals surface area contributed by atoms with E-state index in [2.05, 4.69) is 5.32 Å². The van der Waals surface area contributed by atoms with Crippen LogP contribution in [0.2, 0.25) is 0 Å². The number of aryl methyl sites for hydroxylation is 2. The highest BCUT2D eigenvalue weighted by atomic mass is 16.4. The number of aromatic carboxylic acids is 1. The first kappa shape index (κ1) is 17.0. The van der Waals surface area contributed by atoms with Gasteiger partial charge >= 0.3 is 0 Å². The van der Waals surface area contributed by atoms with Gasteiger partial charge in [-0.05, 0) is 48.2 Å². The van der Waals surface area contributed by atoms with Gasteiger partial charge in [-0.25, -0.2) is 0 Å². The lowest BCUT2D eigenvalue weighted by atomic mass is 10.1. The van der Waals surface area contributed by atoms with Crippen LogP contribution < -0.4 is 10.4 Å². The molecule has 0 saturated carbocycles. The summed E-state index contributed by atoms with van der Waals surface area (Å²) in [4.78, 5) is 23.0. The van der Waals surface area contributed by atoms with E-state index < -0.39 is 11.9 Å². The predicted molar refractivity (Wildman–Crippen MR) is 88.9 cm³/mol. The van der Waals surface area contributed by atoms with Crippen LogP contribution in [0.3, 0.4) is 0 Å². The smallest absolute Gasteiger partial charge is 0.266 e. The molecule has 0 atom stereocenters. The minimum Gasteiger partial charge on any atom is -0.545 e. The zero-order valence-electron chi connectivity index (χ0n) is 13.3. The molecular weight excluding hydrogens is 304 g/mol. The van der Waals surface area contributed by atoms with Gasteiger partial charge in [0.2, 0.25) is 0 Å². The molecule has 0 aromatic heterocycles. The highest BCUT2D eigenvalue weighted by molar-refractivity contribution is 6.10. The molecule has 0 spiro atoms. The number of carbonyl (C=O) groups excluding carboxylic acids is 2. The summed E-state index contributed by atoms with van der Waals surface area (Å²) in [5.74, 6) is -1.80. The summed E-state index contributed by atoms with van der Waals surface area (Å²) >= 11 is 0. The van der Waals surface area contributed by atoms with E-state index in [1.807, 2.05) is 38.1 Å². The molecule has 1 amide bonds. The van der Waals surface area contributed by atoms with Crippen molar-refractivity contribution >= 4 is 23.6 Å². The van der Waals surface area contributed by atoms with Gasteiger partial charge in [-0.2, -0.15) is 5.26 Å². The summed E-state index contributed by atoms with van der Waals surface area (Å²) in [5.41, 5.74) is 3.05. The fourth-order valence-electron chi connectivity index (χ4n) is 2.09. The number of benzene rings is 2. The summed E-state index contributed by atoms with van der Waals surface area (Å²) in [7, 11) is 0. The molecule has 120 valence electrons. The molecule has 5 heteroatoms. The molecule has 0 aliphatic carbocycles. The van der Waals surface area contributed by atoms with E-state index in [9.17, 15) is 20.0 Å². The van der Waals surface area contributed by atoms with Gasteiger partial charge < -0.3 is 15.2 Å². The first-order valence-corrected chi connectivity index (χ1v) is 7.22. The third-order valence-corrected chi connectivity index (χ3v) is 3.46. The van der Waals surface area contributed by atoms with Gasteiger partial charge in [-0.15, -0.1) is 0 Å². The number of nitrogens with zero attached hydrogens (tertiary/aromatic N) is 1. The summed E-state index contributed by atoms with van der Waals surface area (Å²) in [6, 6.07) is 13.3. The molecule has 1 N–H and O–H groups in total. The highest BCUT2D eigenvalue weighted by Gasteiger charge is 2.11. The van der Waals surface area contributed by atoms with Gasteiger partial charge in [-0.1, -0.05) is 36.4 Å². The standard InChI is InChI=1S/C19H16N2O3/c1-12-3-4-13(2)17(9-12)21-18(22)16(11-20)10-14-5-7-15(8-6-14)19(23)24/h3-10H,1-2H3,(H,21,22)(H,23,24)/p-1/b16-10+. The number of carbonyl (C=O) groups is 2. The molecular formula is C19H15N2O3-. The normalized spacial score (nSPS) is 10.8. The molecule has 0 aliphatic rings. The van der Waals surface area contributed by atoms with Gasteiger partial charge in [0.1, 0.15) is 11.6 Å². The van der Waals surface area contributed by atoms with Gasteiger partial charge in [-0.3, -0.25) is 4.79 Å². The van der Waals surface area contributed by atoms with Crippen molar-refractivity contribution in [3.05, 3.63) is 70.3 Å². The molecule has 0 fully saturated rings. The predicted octanol–water partition coefficient (Wildman–Crippen LogP) is 2.21. The molecule has 0 aliphatic heterocycles. The Hall–Kier alpha value is -3.39. The van der Waals surface area contributed by atoms with Crippen LogP contribution in [0.15, 0.2) is 48.0 Å². The maximum absolute atomic E-state index is 12.3. The average molecular weight is 319 g/mol. The molecule has 0 unspecified atom stereocenters. The van der Waals surface area contributed by atoms with Gasteiger partial charge in [0, 0.05) is 5.69 Å². The van der Waals surface area contributed by atoms with Crippen LogP contribution in [-0.4, -0.2) is 11.9 Å². The van der Waals surface area contributed by atoms with Crippen molar-refractivity contribution < 1.29 is 14.7 Å². The second kappa shape index (κ2) is 7.25. The quantitative estimate of drug-likeness (QED) is 0.690. The van der Waals surface area contributed by atoms with Crippen molar-refractivity contribution in [2.75, 3.05) is 5.32 Å². The molecule has 2 aromatic rings. The lowest BCUT2D eigenvalue weighted by Crippen LogP contribution is -2.21. The minimum atomic E-state index is -1.28. The second-order valence-corrected chi connectivity index (χ2v) is 5.35. The van der Waals surface area contributed by atoms with E-state index in [-0.39, 0.29) is 11.1 Å². The summed E-state index contributed by atoms with van der Waals surface area (Å²) < 4.78 is 0. The van der Waals surface area contributed by atoms with Crippen molar-refractivity contribution in [1.29, 1.82) is 5.26 Å². The fourth-order valence-corrected chi connectivity index (χ4v) is 2.09. The van der Waals surface area contributed by atoms with Crippen LogP contribution in [0, 0.1) is 25.2 Å². The van der Waals surface area contributed by atoms with E-state index in [4.69, 9.17) is 0 Å². The zero-order valence-corrected chi connectivity index (χ0v) is 13.3. The number of rotatable bonds is 4. The van der Waals surface area contributed by atoms with Crippen LogP contribution in [-0.2, 0) is 4.79 Å². The zero-order chi connectivity index (χ0) is 17.7. The Kier molecular flexibility index (Phi) is 5.13. The van der Waals surface area contributed by atoms with E-state index in [1.165, 1.54) is 30.3 Å². The van der Waals surface area contributed by atoms with E-state index >= 15 is 0 Å². The third kappa shape index (κ3) is 4.08. The number of nitrogens with one attached hydrogen (secondary N) is 1. The third-order valence-electron chi connectivity index (χ3n) is 3.46. The summed E-state index contributed by atoms with van der Waals surface area (Å²) in [5, 5.41) is 22.7. The summed E-state index contributed by atoms with van der Waals surface area (Å²) in [6.07, 6.45) is 1.40. The molecule has 0 bridgehead atoms. The number of hydrogen-bond donors (Lipinski definition) is 1. The Labute approximate surface area is 139 Å². The van der Waals surface area contributed by atoms with Crippen LogP contribution in [0.25, 0.3) is 6.08 Å². The van der Waals surface area contributed by atoms with Crippen molar-refractivity contribution in [3.8, 4) is 6.07 Å². The lowest BCUT2D eigenvalue weighted by Gasteiger charge is -2.09. The number of anilines is 1. The van der Waals surface area contributed by atoms with Crippen LogP contribution in [0.1, 0.15) is 27.0 Å². The van der Waals surface area contributed by atoms with Gasteiger partial charge in [0.05, 0.1) is 5.97 Å². The van der Waals surface area contributed by atoms with E-state index in [1.54, 1.807) is 0 Å². The Balaban J connectivity index is 2.24. The molecule has 2 rings (SSSR count). The molecule has 24 heavy (non-hydrogen) atoms. The molecule has 2 aromatic carbocycles. The number of carboxylic acids is 1. The maximum Gasteiger partial charge on any atom is 0.266 e. The molecule has 0 heterocycles. The van der Waals surface area contributed by atoms with Gasteiger partial charge in [0.15, 0.2) is 0 Å². The maximum atomic E-state index is 12.3. The first-order valence-electron chi connectivity index (χ1n) is 7.22. The topological polar surface area (TPSA) is 93.0 Å². The molecule has 0 saturated heterocycles. The van der Waals surface area contributed by atoms with E-state index in [0.717, 1.165) is 11.1 Å². The van der Waals surface area contributed by atoms with Crippen LogP contribution in [0.5, 0.6) is 0 Å². The number of nitriles is 1. The summed E-state index contributed by atoms with van der Waals surface area (Å²) in [6.45, 7) is 3.78. The Bertz CT molecular complexity index is 859. The SMILES string of the molecule is Cc1ccc(C)c(NC(=O)/C(C#N)=C/c2ccc(C(=O)[O-])cc2)c1. The average Bonchev–Trinajstić information content (AvgIpc) is 2.56. The number of carboxylic acid groups (broad SMARTS) is 1. The van der Waals surface area contributed by atoms with Crippen LogP contribution in [0.4, 0.5) is 5.69 Å². The lowest BCUT2D eigenvalue weighted by molar-refractivity contribution is -0.255. The van der Waals surface area contributed by atoms with Crippen LogP contribution >= 0.6 is 0 Å². The first-order chi connectivity index (χ1) is 11.4. The Morgan fingerprint density at radius 1 is 1.12 bits per heavy atom. The van der Waals surface area contributed by atoms with Crippen molar-refractivity contribution in [3.63, 3.8) is 0 Å². The minimum absolute atomic E-state index is 0.0329. The van der Waals surface area contributed by atoms with Crippen molar-refractivity contribution in [2.24, 2.45) is 0 Å². The largest absolute Gasteiger partial charge is 0.545 e. The van der Waals surface area contributed by atoms with Crippen molar-refractivity contribution in [2.45, 2.75) is 13.8 Å². The second-order valence-electron chi connectivity index (χ2n) is 5.35. The van der Waals surface area contributed by atoms with E-state index in [0.29, 0.717) is 11.3 Å². The highest BCUT2D eigenvalue weighted by Crippen LogP contribution is 2.18. The monoisotopic (exact) mass is 319 g/mol. The number of hydrogen-bond acceptors (Lipinski definition) is 4. The molecule has 0 radical (unpaired) electrons. The fraction of sp³-hybridized carbons (Fsp3) is 0.105. The number of amides is 1. The molecule has 5 nitrogen and oxygen atoms in total. The Morgan fingerprint density at radius 3 is 2.38 bits per heavy atom. The van der Waals surface area contributed by atoms with Gasteiger partial charge in [0.25, 0.3) is 5.91 Å². The Morgan fingerprint density at radius 2 is 1.79 bits per heavy atom. The van der Waals surface area contributed by atoms with Crippen molar-refractivity contribution in [1.82, 2.24) is 0 Å².